The summed E-state index contributed by atoms with van der Waals surface area (Å²) in [7, 11) is 0. The van der Waals surface area contributed by atoms with E-state index in [-0.39, 0.29) is 18.2 Å². The van der Waals surface area contributed by atoms with Gasteiger partial charge in [0.25, 0.3) is 5.91 Å². The van der Waals surface area contributed by atoms with Crippen LogP contribution >= 0.6 is 0 Å². The van der Waals surface area contributed by atoms with Crippen LogP contribution < -0.4 is 9.64 Å². The number of amides is 1. The van der Waals surface area contributed by atoms with Crippen molar-refractivity contribution in [2.24, 2.45) is 0 Å². The number of anilines is 1. The normalized spacial score (nSPS) is 17.9. The summed E-state index contributed by atoms with van der Waals surface area (Å²) in [6.45, 7) is 5.15. The molecular weight excluding hydrogens is 218 g/mol. The van der Waals surface area contributed by atoms with Gasteiger partial charge >= 0.3 is 0 Å². The van der Waals surface area contributed by atoms with Gasteiger partial charge < -0.3 is 9.64 Å². The molecule has 1 aliphatic rings. The summed E-state index contributed by atoms with van der Waals surface area (Å²) in [5, 5.41) is 0. The number of carbonyl (C=O) groups is 2. The van der Waals surface area contributed by atoms with E-state index in [2.05, 4.69) is 6.58 Å². The maximum absolute atomic E-state index is 11.7. The van der Waals surface area contributed by atoms with Gasteiger partial charge in [-0.05, 0) is 25.1 Å². The summed E-state index contributed by atoms with van der Waals surface area (Å²) < 4.78 is 5.54. The average molecular weight is 231 g/mol. The SMILES string of the molecule is C=CC(=O)N1CC(C(C)=O)Oc2ccccc21. The summed E-state index contributed by atoms with van der Waals surface area (Å²) in [5.41, 5.74) is 0.676. The molecule has 1 unspecified atom stereocenters. The van der Waals surface area contributed by atoms with Crippen LogP contribution in [0.1, 0.15) is 6.92 Å². The molecule has 0 saturated carbocycles. The van der Waals surface area contributed by atoms with Gasteiger partial charge in [0.1, 0.15) is 5.75 Å². The van der Waals surface area contributed by atoms with Gasteiger partial charge in [-0.15, -0.1) is 0 Å². The summed E-state index contributed by atoms with van der Waals surface area (Å²) in [6.07, 6.45) is 0.632. The average Bonchev–Trinajstić information content (AvgIpc) is 2.36. The second-order valence-electron chi connectivity index (χ2n) is 3.84. The minimum Gasteiger partial charge on any atom is -0.479 e. The lowest BCUT2D eigenvalue weighted by Crippen LogP contribution is -2.45. The van der Waals surface area contributed by atoms with Crippen molar-refractivity contribution in [1.29, 1.82) is 0 Å². The summed E-state index contributed by atoms with van der Waals surface area (Å²) in [5.74, 6) is 0.225. The number of fused-ring (bicyclic) bond motifs is 1. The molecule has 17 heavy (non-hydrogen) atoms. The Kier molecular flexibility index (Phi) is 2.95. The largest absolute Gasteiger partial charge is 0.479 e. The van der Waals surface area contributed by atoms with Gasteiger partial charge in [0.15, 0.2) is 11.9 Å². The molecule has 0 fully saturated rings. The Morgan fingerprint density at radius 3 is 2.82 bits per heavy atom. The molecule has 0 aromatic heterocycles. The Morgan fingerprint density at radius 2 is 2.18 bits per heavy atom. The van der Waals surface area contributed by atoms with Crippen molar-refractivity contribution in [3.8, 4) is 5.75 Å². The molecule has 0 aliphatic carbocycles. The number of carbonyl (C=O) groups excluding carboxylic acids is 2. The minimum atomic E-state index is -0.603. The van der Waals surface area contributed by atoms with Crippen LogP contribution in [0.5, 0.6) is 5.75 Å². The van der Waals surface area contributed by atoms with E-state index in [9.17, 15) is 9.59 Å². The van der Waals surface area contributed by atoms with E-state index in [4.69, 9.17) is 4.74 Å². The van der Waals surface area contributed by atoms with Crippen LogP contribution in [0.3, 0.4) is 0 Å². The number of nitrogens with zero attached hydrogens (tertiary/aromatic N) is 1. The predicted molar refractivity (Wildman–Crippen MR) is 64.1 cm³/mol. The highest BCUT2D eigenvalue weighted by Crippen LogP contribution is 2.33. The van der Waals surface area contributed by atoms with Crippen LogP contribution in [0.25, 0.3) is 0 Å². The monoisotopic (exact) mass is 231 g/mol. The number of hydrogen-bond acceptors (Lipinski definition) is 3. The van der Waals surface area contributed by atoms with Gasteiger partial charge in [0.2, 0.25) is 0 Å². The molecule has 1 heterocycles. The summed E-state index contributed by atoms with van der Waals surface area (Å²) in [4.78, 5) is 24.6. The Balaban J connectivity index is 2.42. The molecule has 1 atom stereocenters. The molecule has 0 spiro atoms. The highest BCUT2D eigenvalue weighted by atomic mass is 16.5. The lowest BCUT2D eigenvalue weighted by molar-refractivity contribution is -0.124. The molecular formula is C13H13NO3. The maximum Gasteiger partial charge on any atom is 0.250 e. The maximum atomic E-state index is 11.7. The molecule has 0 N–H and O–H groups in total. The van der Waals surface area contributed by atoms with Crippen molar-refractivity contribution < 1.29 is 14.3 Å². The quantitative estimate of drug-likeness (QED) is 0.725. The number of hydrogen-bond donors (Lipinski definition) is 0. The van der Waals surface area contributed by atoms with Crippen molar-refractivity contribution in [3.63, 3.8) is 0 Å². The first-order chi connectivity index (χ1) is 8.13. The zero-order valence-corrected chi connectivity index (χ0v) is 9.55. The number of Topliss-reactive ketones (excluding diaryl/α,β-unsaturated/α-hetero) is 1. The molecule has 2 rings (SSSR count). The number of rotatable bonds is 2. The van der Waals surface area contributed by atoms with Gasteiger partial charge in [0, 0.05) is 0 Å². The molecule has 0 bridgehead atoms. The fourth-order valence-corrected chi connectivity index (χ4v) is 1.76. The van der Waals surface area contributed by atoms with Crippen LogP contribution in [0.2, 0.25) is 0 Å². The Labute approximate surface area is 99.5 Å². The van der Waals surface area contributed by atoms with E-state index in [0.717, 1.165) is 0 Å². The van der Waals surface area contributed by atoms with Crippen molar-refractivity contribution in [2.45, 2.75) is 13.0 Å². The zero-order valence-electron chi connectivity index (χ0n) is 9.55. The van der Waals surface area contributed by atoms with E-state index in [1.54, 1.807) is 18.2 Å². The first-order valence-corrected chi connectivity index (χ1v) is 5.33. The second kappa shape index (κ2) is 4.41. The standard InChI is InChI=1S/C13H13NO3/c1-3-13(16)14-8-12(9(2)15)17-11-7-5-4-6-10(11)14/h3-7,12H,1,8H2,2H3. The molecule has 1 aromatic rings. The lowest BCUT2D eigenvalue weighted by Gasteiger charge is -2.33. The van der Waals surface area contributed by atoms with Gasteiger partial charge in [-0.25, -0.2) is 0 Å². The lowest BCUT2D eigenvalue weighted by atomic mass is 10.1. The zero-order chi connectivity index (χ0) is 12.4. The van der Waals surface area contributed by atoms with Crippen molar-refractivity contribution >= 4 is 17.4 Å². The Morgan fingerprint density at radius 1 is 1.47 bits per heavy atom. The smallest absolute Gasteiger partial charge is 0.250 e. The second-order valence-corrected chi connectivity index (χ2v) is 3.84. The van der Waals surface area contributed by atoms with Gasteiger partial charge in [-0.3, -0.25) is 9.59 Å². The van der Waals surface area contributed by atoms with Crippen LogP contribution in [0.15, 0.2) is 36.9 Å². The molecule has 1 aliphatic heterocycles. The minimum absolute atomic E-state index is 0.0960. The molecule has 0 radical (unpaired) electrons. The third-order valence-electron chi connectivity index (χ3n) is 2.67. The van der Waals surface area contributed by atoms with Crippen LogP contribution in [0, 0.1) is 0 Å². The summed E-state index contributed by atoms with van der Waals surface area (Å²) >= 11 is 0. The fraction of sp³-hybridized carbons (Fsp3) is 0.231. The third kappa shape index (κ3) is 2.06. The van der Waals surface area contributed by atoms with E-state index >= 15 is 0 Å². The first kappa shape index (κ1) is 11.4. The van der Waals surface area contributed by atoms with Crippen LogP contribution in [-0.4, -0.2) is 24.3 Å². The number of para-hydroxylation sites is 2. The van der Waals surface area contributed by atoms with Crippen molar-refractivity contribution in [2.75, 3.05) is 11.4 Å². The topological polar surface area (TPSA) is 46.6 Å². The molecule has 4 nitrogen and oxygen atoms in total. The number of ketones is 1. The van der Waals surface area contributed by atoms with Gasteiger partial charge in [-0.1, -0.05) is 18.7 Å². The third-order valence-corrected chi connectivity index (χ3v) is 2.67. The van der Waals surface area contributed by atoms with E-state index < -0.39 is 6.10 Å². The highest BCUT2D eigenvalue weighted by molar-refractivity contribution is 6.03. The molecule has 4 heteroatoms. The van der Waals surface area contributed by atoms with Crippen LogP contribution in [0.4, 0.5) is 5.69 Å². The molecule has 0 saturated heterocycles. The summed E-state index contributed by atoms with van der Waals surface area (Å²) in [6, 6.07) is 7.15. The van der Waals surface area contributed by atoms with Crippen molar-refractivity contribution in [1.82, 2.24) is 0 Å². The Bertz CT molecular complexity index is 481. The Hall–Kier alpha value is -2.10. The van der Waals surface area contributed by atoms with E-state index in [1.165, 1.54) is 17.9 Å². The van der Waals surface area contributed by atoms with E-state index in [1.807, 2.05) is 6.07 Å². The molecule has 88 valence electrons. The van der Waals surface area contributed by atoms with Gasteiger partial charge in [0.05, 0.1) is 12.2 Å². The number of ether oxygens (including phenoxy) is 1. The highest BCUT2D eigenvalue weighted by Gasteiger charge is 2.30. The van der Waals surface area contributed by atoms with E-state index in [0.29, 0.717) is 11.4 Å². The first-order valence-electron chi connectivity index (χ1n) is 5.33. The fourth-order valence-electron chi connectivity index (χ4n) is 1.76. The van der Waals surface area contributed by atoms with Crippen molar-refractivity contribution in [3.05, 3.63) is 36.9 Å². The van der Waals surface area contributed by atoms with Gasteiger partial charge in [-0.2, -0.15) is 0 Å². The number of benzene rings is 1. The molecule has 1 amide bonds. The van der Waals surface area contributed by atoms with Crippen LogP contribution in [-0.2, 0) is 9.59 Å². The predicted octanol–water partition coefficient (Wildman–Crippen LogP) is 1.56. The molecule has 1 aromatic carbocycles.